The van der Waals surface area contributed by atoms with Gasteiger partial charge in [-0.15, -0.1) is 0 Å². The van der Waals surface area contributed by atoms with Gasteiger partial charge in [0.05, 0.1) is 0 Å². The third kappa shape index (κ3) is 1.88. The zero-order valence-electron chi connectivity index (χ0n) is 9.10. The molecule has 2 saturated carbocycles. The number of hydrogen-bond acceptors (Lipinski definition) is 0. The zero-order valence-corrected chi connectivity index (χ0v) is 11.3. The van der Waals surface area contributed by atoms with E-state index in [1.807, 2.05) is 0 Å². The molecule has 92 valence electrons. The summed E-state index contributed by atoms with van der Waals surface area (Å²) in [4.78, 5) is 0. The van der Waals surface area contributed by atoms with Gasteiger partial charge in [0.1, 0.15) is 0 Å². The van der Waals surface area contributed by atoms with Gasteiger partial charge in [-0.3, -0.25) is 0 Å². The van der Waals surface area contributed by atoms with Crippen LogP contribution in [0.25, 0.3) is 0 Å². The van der Waals surface area contributed by atoms with Gasteiger partial charge in [0, 0.05) is 4.43 Å². The topological polar surface area (TPSA) is 0 Å². The van der Waals surface area contributed by atoms with E-state index in [2.05, 4.69) is 22.6 Å². The van der Waals surface area contributed by atoms with Crippen LogP contribution >= 0.6 is 22.6 Å². The van der Waals surface area contributed by atoms with Crippen molar-refractivity contribution in [3.8, 4) is 0 Å². The molecule has 0 nitrogen and oxygen atoms in total. The molecule has 0 N–H and O–H groups in total. The molecule has 0 radical (unpaired) electrons. The summed E-state index contributed by atoms with van der Waals surface area (Å²) in [7, 11) is 0. The van der Waals surface area contributed by atoms with Crippen LogP contribution in [0.1, 0.15) is 24.3 Å². The standard InChI is InChI=1S/C13H12F3I/c14-11-3-7(4-12(15)13(11)16)6-1-8-9(2-6)10(8)5-17/h3-4,6,8-10H,1-2,5H2/t6?,8-,9+,10?. The molecule has 0 aliphatic heterocycles. The second-order valence-corrected chi connectivity index (χ2v) is 5.99. The molecule has 0 amide bonds. The fourth-order valence-electron chi connectivity index (χ4n) is 3.29. The van der Waals surface area contributed by atoms with Crippen molar-refractivity contribution in [2.75, 3.05) is 4.43 Å². The maximum absolute atomic E-state index is 13.1. The van der Waals surface area contributed by atoms with Crippen LogP contribution in [-0.2, 0) is 0 Å². The molecule has 2 fully saturated rings. The second-order valence-electron chi connectivity index (χ2n) is 5.11. The van der Waals surface area contributed by atoms with Gasteiger partial charge in [-0.2, -0.15) is 0 Å². The number of rotatable bonds is 2. The first-order valence-corrected chi connectivity index (χ1v) is 7.34. The highest BCUT2D eigenvalue weighted by Crippen LogP contribution is 2.62. The summed E-state index contributed by atoms with van der Waals surface area (Å²) in [6.45, 7) is 0. The largest absolute Gasteiger partial charge is 0.204 e. The highest BCUT2D eigenvalue weighted by atomic mass is 127. The van der Waals surface area contributed by atoms with Crippen molar-refractivity contribution in [1.29, 1.82) is 0 Å². The molecule has 2 unspecified atom stereocenters. The molecule has 1 aromatic carbocycles. The Labute approximate surface area is 112 Å². The minimum absolute atomic E-state index is 0.216. The molecule has 0 spiro atoms. The first-order valence-electron chi connectivity index (χ1n) is 5.82. The molecule has 2 aliphatic carbocycles. The fourth-order valence-corrected chi connectivity index (χ4v) is 4.60. The summed E-state index contributed by atoms with van der Waals surface area (Å²) in [5.41, 5.74) is 0.626. The van der Waals surface area contributed by atoms with Gasteiger partial charge in [-0.05, 0) is 54.2 Å². The predicted molar refractivity (Wildman–Crippen MR) is 67.6 cm³/mol. The quantitative estimate of drug-likeness (QED) is 0.424. The fraction of sp³-hybridized carbons (Fsp3) is 0.538. The molecule has 2 aliphatic rings. The smallest absolute Gasteiger partial charge is 0.194 e. The van der Waals surface area contributed by atoms with Crippen LogP contribution < -0.4 is 0 Å². The minimum Gasteiger partial charge on any atom is -0.204 e. The Kier molecular flexibility index (Phi) is 2.88. The highest BCUT2D eigenvalue weighted by Gasteiger charge is 2.55. The normalized spacial score (nSPS) is 34.8. The Morgan fingerprint density at radius 2 is 1.59 bits per heavy atom. The van der Waals surface area contributed by atoms with E-state index in [0.717, 1.165) is 42.7 Å². The molecular weight excluding hydrogens is 340 g/mol. The molecule has 0 heterocycles. The third-order valence-corrected chi connectivity index (χ3v) is 5.30. The monoisotopic (exact) mass is 352 g/mol. The summed E-state index contributed by atoms with van der Waals surface area (Å²) in [6.07, 6.45) is 2.01. The molecule has 1 aromatic rings. The number of halogens is 4. The van der Waals surface area contributed by atoms with Gasteiger partial charge in [-0.1, -0.05) is 22.6 Å². The zero-order chi connectivity index (χ0) is 12.2. The van der Waals surface area contributed by atoms with E-state index in [1.165, 1.54) is 4.43 Å². The summed E-state index contributed by atoms with van der Waals surface area (Å²) in [6, 6.07) is 2.32. The Morgan fingerprint density at radius 1 is 1.06 bits per heavy atom. The van der Waals surface area contributed by atoms with Crippen molar-refractivity contribution < 1.29 is 13.2 Å². The summed E-state index contributed by atoms with van der Waals surface area (Å²) >= 11 is 2.39. The lowest BCUT2D eigenvalue weighted by atomic mass is 9.92. The first kappa shape index (κ1) is 11.8. The van der Waals surface area contributed by atoms with Crippen molar-refractivity contribution >= 4 is 22.6 Å². The maximum atomic E-state index is 13.1. The van der Waals surface area contributed by atoms with Gasteiger partial charge in [0.2, 0.25) is 0 Å². The van der Waals surface area contributed by atoms with Crippen LogP contribution in [0.3, 0.4) is 0 Å². The van der Waals surface area contributed by atoms with Crippen LogP contribution in [0.15, 0.2) is 12.1 Å². The Balaban J connectivity index is 1.79. The second kappa shape index (κ2) is 4.14. The SMILES string of the molecule is Fc1cc(C2C[C@@H]3C(CI)[C@@H]3C2)cc(F)c1F. The number of hydrogen-bond donors (Lipinski definition) is 0. The Bertz CT molecular complexity index is 425. The molecule has 0 aromatic heterocycles. The van der Waals surface area contributed by atoms with Crippen molar-refractivity contribution in [1.82, 2.24) is 0 Å². The summed E-state index contributed by atoms with van der Waals surface area (Å²) in [5, 5.41) is 0. The van der Waals surface area contributed by atoms with E-state index in [0.29, 0.717) is 5.56 Å². The van der Waals surface area contributed by atoms with Crippen LogP contribution in [0.2, 0.25) is 0 Å². The third-order valence-electron chi connectivity index (χ3n) is 4.28. The van der Waals surface area contributed by atoms with E-state index in [-0.39, 0.29) is 5.92 Å². The van der Waals surface area contributed by atoms with Gasteiger partial charge >= 0.3 is 0 Å². The predicted octanol–water partition coefficient (Wildman–Crippen LogP) is 4.28. The van der Waals surface area contributed by atoms with Crippen LogP contribution in [0.4, 0.5) is 13.2 Å². The van der Waals surface area contributed by atoms with Crippen molar-refractivity contribution in [2.24, 2.45) is 17.8 Å². The molecule has 4 atom stereocenters. The van der Waals surface area contributed by atoms with Gasteiger partial charge in [0.25, 0.3) is 0 Å². The molecule has 17 heavy (non-hydrogen) atoms. The molecule has 4 heteroatoms. The van der Waals surface area contributed by atoms with E-state index in [1.54, 1.807) is 0 Å². The van der Waals surface area contributed by atoms with Crippen LogP contribution in [-0.4, -0.2) is 4.43 Å². The average molecular weight is 352 g/mol. The number of fused-ring (bicyclic) bond motifs is 1. The number of alkyl halides is 1. The lowest BCUT2D eigenvalue weighted by molar-refractivity contribution is 0.441. The molecular formula is C13H12F3I. The lowest BCUT2D eigenvalue weighted by Crippen LogP contribution is -2.03. The van der Waals surface area contributed by atoms with E-state index < -0.39 is 17.5 Å². The Hall–Kier alpha value is -0.260. The molecule has 0 saturated heterocycles. The molecule has 0 bridgehead atoms. The highest BCUT2D eigenvalue weighted by molar-refractivity contribution is 14.1. The number of benzene rings is 1. The average Bonchev–Trinajstić information content (AvgIpc) is 2.77. The first-order chi connectivity index (χ1) is 8.11. The van der Waals surface area contributed by atoms with Gasteiger partial charge in [0.15, 0.2) is 17.5 Å². The molecule has 3 rings (SSSR count). The Morgan fingerprint density at radius 3 is 2.06 bits per heavy atom. The van der Waals surface area contributed by atoms with Gasteiger partial charge < -0.3 is 0 Å². The lowest BCUT2D eigenvalue weighted by Gasteiger charge is -2.14. The summed E-state index contributed by atoms with van der Waals surface area (Å²) < 4.78 is 40.3. The maximum Gasteiger partial charge on any atom is 0.194 e. The van der Waals surface area contributed by atoms with E-state index in [9.17, 15) is 13.2 Å². The van der Waals surface area contributed by atoms with Crippen molar-refractivity contribution in [2.45, 2.75) is 18.8 Å². The van der Waals surface area contributed by atoms with E-state index in [4.69, 9.17) is 0 Å². The van der Waals surface area contributed by atoms with Crippen molar-refractivity contribution in [3.63, 3.8) is 0 Å². The van der Waals surface area contributed by atoms with Crippen molar-refractivity contribution in [3.05, 3.63) is 35.1 Å². The minimum atomic E-state index is -1.36. The van der Waals surface area contributed by atoms with Crippen LogP contribution in [0, 0.1) is 35.2 Å². The van der Waals surface area contributed by atoms with Gasteiger partial charge in [-0.25, -0.2) is 13.2 Å². The van der Waals surface area contributed by atoms with E-state index >= 15 is 0 Å². The summed E-state index contributed by atoms with van der Waals surface area (Å²) in [5.74, 6) is -1.00. The van der Waals surface area contributed by atoms with Crippen LogP contribution in [0.5, 0.6) is 0 Å².